The lowest BCUT2D eigenvalue weighted by Crippen LogP contribution is -2.33. The minimum Gasteiger partial charge on any atom is -0.314 e. The van der Waals surface area contributed by atoms with Crippen LogP contribution in [0.4, 0.5) is 5.69 Å². The zero-order chi connectivity index (χ0) is 24.0. The molecule has 0 atom stereocenters. The van der Waals surface area contributed by atoms with Crippen molar-refractivity contribution >= 4 is 27.5 Å². The second-order valence-corrected chi connectivity index (χ2v) is 9.18. The van der Waals surface area contributed by atoms with Crippen LogP contribution in [0.15, 0.2) is 53.4 Å². The molecule has 0 bridgehead atoms. The van der Waals surface area contributed by atoms with Crippen molar-refractivity contribution in [3.05, 3.63) is 69.8 Å². The van der Waals surface area contributed by atoms with Gasteiger partial charge in [0.15, 0.2) is 4.90 Å². The molecule has 0 radical (unpaired) electrons. The van der Waals surface area contributed by atoms with Crippen molar-refractivity contribution in [3.8, 4) is 0 Å². The SMILES string of the molecule is O=C1c2ccccc2C(=O)N1CCCN(O)CCCCNS(=O)(=O)c1ccccc1[N+](=O)[O-]. The zero-order valence-electron chi connectivity index (χ0n) is 17.7. The summed E-state index contributed by atoms with van der Waals surface area (Å²) in [5.41, 5.74) is 0.267. The molecular weight excluding hydrogens is 452 g/mol. The maximum atomic E-state index is 12.3. The summed E-state index contributed by atoms with van der Waals surface area (Å²) in [4.78, 5) is 35.6. The molecule has 3 rings (SSSR count). The van der Waals surface area contributed by atoms with Gasteiger partial charge in [-0.3, -0.25) is 24.6 Å². The van der Waals surface area contributed by atoms with Gasteiger partial charge >= 0.3 is 0 Å². The Kier molecular flexibility index (Phi) is 7.87. The first kappa shape index (κ1) is 24.5. The Hall–Kier alpha value is -3.19. The topological polar surface area (TPSA) is 150 Å². The lowest BCUT2D eigenvalue weighted by atomic mass is 10.1. The number of hydrogen-bond donors (Lipinski definition) is 2. The molecule has 2 amide bonds. The van der Waals surface area contributed by atoms with E-state index in [1.165, 1.54) is 18.2 Å². The predicted molar refractivity (Wildman–Crippen MR) is 117 cm³/mol. The highest BCUT2D eigenvalue weighted by Crippen LogP contribution is 2.23. The number of fused-ring (bicyclic) bond motifs is 1. The average Bonchev–Trinajstić information content (AvgIpc) is 3.04. The molecule has 0 saturated carbocycles. The number of nitro benzene ring substituents is 1. The molecule has 1 aliphatic rings. The Balaban J connectivity index is 1.36. The van der Waals surface area contributed by atoms with E-state index in [0.29, 0.717) is 30.4 Å². The van der Waals surface area contributed by atoms with E-state index in [0.717, 1.165) is 16.0 Å². The van der Waals surface area contributed by atoms with Crippen LogP contribution >= 0.6 is 0 Å². The van der Waals surface area contributed by atoms with E-state index in [1.54, 1.807) is 24.3 Å². The second kappa shape index (κ2) is 10.6. The standard InChI is InChI=1S/C21H24N4O7S/c26-20-16-8-1-2-9-17(16)21(27)24(20)15-7-14-23(28)13-6-5-12-22-33(31,32)19-11-4-3-10-18(19)25(29)30/h1-4,8-11,22,28H,5-7,12-15H2. The monoisotopic (exact) mass is 476 g/mol. The molecular formula is C21H24N4O7S. The number of benzene rings is 2. The summed E-state index contributed by atoms with van der Waals surface area (Å²) < 4.78 is 27.0. The van der Waals surface area contributed by atoms with E-state index in [4.69, 9.17) is 0 Å². The summed E-state index contributed by atoms with van der Waals surface area (Å²) in [5.74, 6) is -0.683. The zero-order valence-corrected chi connectivity index (χ0v) is 18.5. The first-order chi connectivity index (χ1) is 15.7. The number of unbranched alkanes of at least 4 members (excludes halogenated alkanes) is 1. The highest BCUT2D eigenvalue weighted by molar-refractivity contribution is 7.89. The van der Waals surface area contributed by atoms with Crippen molar-refractivity contribution in [2.45, 2.75) is 24.2 Å². The lowest BCUT2D eigenvalue weighted by molar-refractivity contribution is -0.387. The van der Waals surface area contributed by atoms with E-state index < -0.39 is 25.5 Å². The summed E-state index contributed by atoms with van der Waals surface area (Å²) >= 11 is 0. The fourth-order valence-corrected chi connectivity index (χ4v) is 4.75. The number of nitrogens with one attached hydrogen (secondary N) is 1. The Morgan fingerprint density at radius 3 is 2.15 bits per heavy atom. The summed E-state index contributed by atoms with van der Waals surface area (Å²) in [7, 11) is -4.03. The molecule has 0 aliphatic carbocycles. The van der Waals surface area contributed by atoms with Crippen LogP contribution in [0.1, 0.15) is 40.0 Å². The predicted octanol–water partition coefficient (Wildman–Crippen LogP) is 2.03. The third kappa shape index (κ3) is 5.79. The average molecular weight is 477 g/mol. The van der Waals surface area contributed by atoms with E-state index in [1.807, 2.05) is 0 Å². The fourth-order valence-electron chi connectivity index (χ4n) is 3.50. The molecule has 2 N–H and O–H groups in total. The van der Waals surface area contributed by atoms with Crippen LogP contribution in [0.2, 0.25) is 0 Å². The van der Waals surface area contributed by atoms with E-state index >= 15 is 0 Å². The van der Waals surface area contributed by atoms with Crippen molar-refractivity contribution in [2.24, 2.45) is 0 Å². The molecule has 176 valence electrons. The van der Waals surface area contributed by atoms with E-state index in [-0.39, 0.29) is 38.0 Å². The molecule has 11 nitrogen and oxygen atoms in total. The Labute approximate surface area is 190 Å². The quantitative estimate of drug-likeness (QED) is 0.204. The summed E-state index contributed by atoms with van der Waals surface area (Å²) in [6.07, 6.45) is 1.24. The molecule has 1 aliphatic heterocycles. The van der Waals surface area contributed by atoms with Crippen LogP contribution in [0.3, 0.4) is 0 Å². The van der Waals surface area contributed by atoms with Gasteiger partial charge in [-0.05, 0) is 37.5 Å². The van der Waals surface area contributed by atoms with Gasteiger partial charge in [0.1, 0.15) is 0 Å². The first-order valence-electron chi connectivity index (χ1n) is 10.3. The third-order valence-electron chi connectivity index (χ3n) is 5.16. The van der Waals surface area contributed by atoms with Crippen molar-refractivity contribution in [1.82, 2.24) is 14.7 Å². The van der Waals surface area contributed by atoms with Gasteiger partial charge in [-0.15, -0.1) is 0 Å². The molecule has 0 fully saturated rings. The second-order valence-electron chi connectivity index (χ2n) is 7.44. The number of hydroxylamine groups is 2. The summed E-state index contributed by atoms with van der Waals surface area (Å²) in [5, 5.41) is 22.1. The smallest absolute Gasteiger partial charge is 0.289 e. The first-order valence-corrected chi connectivity index (χ1v) is 11.8. The van der Waals surface area contributed by atoms with Gasteiger partial charge in [0.25, 0.3) is 17.5 Å². The highest BCUT2D eigenvalue weighted by atomic mass is 32.2. The maximum Gasteiger partial charge on any atom is 0.289 e. The largest absolute Gasteiger partial charge is 0.314 e. The number of sulfonamides is 1. The molecule has 0 aromatic heterocycles. The van der Waals surface area contributed by atoms with Gasteiger partial charge in [0.2, 0.25) is 10.0 Å². The number of carbonyl (C=O) groups excluding carboxylic acids is 2. The Morgan fingerprint density at radius 2 is 1.52 bits per heavy atom. The van der Waals surface area contributed by atoms with Gasteiger partial charge in [0.05, 0.1) is 16.1 Å². The van der Waals surface area contributed by atoms with Crippen molar-refractivity contribution < 1.29 is 28.1 Å². The van der Waals surface area contributed by atoms with Crippen LogP contribution in [0.25, 0.3) is 0 Å². The Bertz CT molecular complexity index is 1120. The number of nitro groups is 1. The molecule has 12 heteroatoms. The number of hydrogen-bond acceptors (Lipinski definition) is 8. The molecule has 2 aromatic carbocycles. The lowest BCUT2D eigenvalue weighted by Gasteiger charge is -2.17. The molecule has 0 spiro atoms. The van der Waals surface area contributed by atoms with Crippen LogP contribution < -0.4 is 4.72 Å². The Morgan fingerprint density at radius 1 is 0.939 bits per heavy atom. The maximum absolute atomic E-state index is 12.3. The molecule has 0 saturated heterocycles. The van der Waals surface area contributed by atoms with Gasteiger partial charge in [-0.25, -0.2) is 13.1 Å². The third-order valence-corrected chi connectivity index (χ3v) is 6.67. The normalized spacial score (nSPS) is 13.6. The molecule has 33 heavy (non-hydrogen) atoms. The van der Waals surface area contributed by atoms with Crippen LogP contribution in [0.5, 0.6) is 0 Å². The number of carbonyl (C=O) groups is 2. The minimum atomic E-state index is -4.03. The minimum absolute atomic E-state index is 0.0528. The number of nitrogens with zero attached hydrogens (tertiary/aromatic N) is 3. The summed E-state index contributed by atoms with van der Waals surface area (Å²) in [6.45, 7) is 0.723. The van der Waals surface area contributed by atoms with Crippen molar-refractivity contribution in [3.63, 3.8) is 0 Å². The van der Waals surface area contributed by atoms with Crippen molar-refractivity contribution in [2.75, 3.05) is 26.2 Å². The molecule has 1 heterocycles. The molecule has 2 aromatic rings. The van der Waals surface area contributed by atoms with Crippen LogP contribution in [-0.4, -0.2) is 66.5 Å². The number of rotatable bonds is 12. The van der Waals surface area contributed by atoms with Gasteiger partial charge in [-0.2, -0.15) is 5.06 Å². The van der Waals surface area contributed by atoms with E-state index in [2.05, 4.69) is 4.72 Å². The summed E-state index contributed by atoms with van der Waals surface area (Å²) in [6, 6.07) is 11.7. The van der Waals surface area contributed by atoms with Crippen molar-refractivity contribution in [1.29, 1.82) is 0 Å². The fraction of sp³-hybridized carbons (Fsp3) is 0.333. The van der Waals surface area contributed by atoms with Gasteiger partial charge < -0.3 is 5.21 Å². The van der Waals surface area contributed by atoms with Gasteiger partial charge in [0, 0.05) is 32.2 Å². The number of amides is 2. The number of para-hydroxylation sites is 1. The molecule has 0 unspecified atom stereocenters. The van der Waals surface area contributed by atoms with Gasteiger partial charge in [-0.1, -0.05) is 24.3 Å². The van der Waals surface area contributed by atoms with E-state index in [9.17, 15) is 33.3 Å². The highest BCUT2D eigenvalue weighted by Gasteiger charge is 2.34. The van der Waals surface area contributed by atoms with Crippen LogP contribution in [0, 0.1) is 10.1 Å². The number of imide groups is 1. The van der Waals surface area contributed by atoms with Crippen LogP contribution in [-0.2, 0) is 10.0 Å².